The second-order valence-corrected chi connectivity index (χ2v) is 12.4. The van der Waals surface area contributed by atoms with Crippen molar-refractivity contribution < 1.29 is 12.3 Å². The van der Waals surface area contributed by atoms with Gasteiger partial charge >= 0.3 is 0 Å². The molecule has 0 amide bonds. The molecule has 5 heterocycles. The number of benzene rings is 1. The van der Waals surface area contributed by atoms with E-state index in [-0.39, 0.29) is 19.9 Å². The molecule has 3 aliphatic heterocycles. The number of nitrogens with zero attached hydrogens (tertiary/aromatic N) is 5. The highest BCUT2D eigenvalue weighted by molar-refractivity contribution is 5.71. The van der Waals surface area contributed by atoms with Gasteiger partial charge in [-0.15, -0.1) is 0 Å². The molecule has 41 heavy (non-hydrogen) atoms. The summed E-state index contributed by atoms with van der Waals surface area (Å²) in [6.07, 6.45) is 5.17. The van der Waals surface area contributed by atoms with Crippen molar-refractivity contribution in [3.63, 3.8) is 0 Å². The van der Waals surface area contributed by atoms with Gasteiger partial charge in [-0.3, -0.25) is 0 Å². The molecule has 2 fully saturated rings. The summed E-state index contributed by atoms with van der Waals surface area (Å²) < 4.78 is 11.9. The number of hydrogen-bond acceptors (Lipinski definition) is 9. The molecule has 2 aromatic heterocycles. The Morgan fingerprint density at radius 2 is 1.78 bits per heavy atom. The molecule has 222 valence electrons. The molecule has 9 heteroatoms. The fourth-order valence-corrected chi connectivity index (χ4v) is 6.74. The first-order chi connectivity index (χ1) is 19.8. The normalized spacial score (nSPS) is 26.0. The van der Waals surface area contributed by atoms with Crippen LogP contribution in [-0.4, -0.2) is 66.6 Å². The van der Waals surface area contributed by atoms with E-state index in [0.717, 1.165) is 62.0 Å². The molecule has 3 N–H and O–H groups in total. The highest BCUT2D eigenvalue weighted by Gasteiger charge is 2.55. The van der Waals surface area contributed by atoms with Crippen LogP contribution in [0.4, 0.5) is 29.0 Å². The Bertz CT molecular complexity index is 1400. The van der Waals surface area contributed by atoms with E-state index in [4.69, 9.17) is 24.4 Å². The van der Waals surface area contributed by atoms with Crippen molar-refractivity contribution in [2.24, 2.45) is 5.73 Å². The van der Waals surface area contributed by atoms with Gasteiger partial charge in [0.05, 0.1) is 31.5 Å². The topological polar surface area (TPSA) is 102 Å². The molecule has 3 atom stereocenters. The Hall–Kier alpha value is -3.27. The van der Waals surface area contributed by atoms with Crippen LogP contribution in [0.25, 0.3) is 0 Å². The van der Waals surface area contributed by atoms with Crippen LogP contribution in [0.15, 0.2) is 42.6 Å². The minimum Gasteiger partial charge on any atom is -0.378 e. The van der Waals surface area contributed by atoms with E-state index in [1.807, 2.05) is 6.20 Å². The predicted octanol–water partition coefficient (Wildman–Crippen LogP) is 5.55. The average molecular weight is 562 g/mol. The summed E-state index contributed by atoms with van der Waals surface area (Å²) in [5, 5.41) is 3.45. The van der Waals surface area contributed by atoms with Crippen molar-refractivity contribution in [1.29, 1.82) is 0 Å². The number of fused-ring (bicyclic) bond motifs is 4. The van der Waals surface area contributed by atoms with E-state index in [2.05, 4.69) is 84.9 Å². The second kappa shape index (κ2) is 10.9. The van der Waals surface area contributed by atoms with Crippen LogP contribution >= 0.6 is 0 Å². The Morgan fingerprint density at radius 1 is 1.02 bits per heavy atom. The summed E-state index contributed by atoms with van der Waals surface area (Å²) in [5.41, 5.74) is 10.00. The summed E-state index contributed by atoms with van der Waals surface area (Å²) in [6, 6.07) is 13.2. The summed E-state index contributed by atoms with van der Waals surface area (Å²) in [6.45, 7) is 13.0. The predicted molar refractivity (Wildman–Crippen MR) is 168 cm³/mol. The number of ether oxygens (including phenoxy) is 2. The van der Waals surface area contributed by atoms with Gasteiger partial charge in [0, 0.05) is 50.2 Å². The Kier molecular flexibility index (Phi) is 7.38. The van der Waals surface area contributed by atoms with Gasteiger partial charge in [0.25, 0.3) is 0 Å². The molecule has 9 nitrogen and oxygen atoms in total. The third-order valence-corrected chi connectivity index (χ3v) is 9.16. The van der Waals surface area contributed by atoms with Crippen molar-refractivity contribution in [3.05, 3.63) is 59.4 Å². The van der Waals surface area contributed by atoms with E-state index in [1.165, 1.54) is 30.4 Å². The average Bonchev–Trinajstić information content (AvgIpc) is 3.48. The lowest BCUT2D eigenvalue weighted by Gasteiger charge is -2.46. The number of aromatic nitrogens is 3. The lowest BCUT2D eigenvalue weighted by atomic mass is 9.73. The molecule has 0 spiro atoms. The molecule has 0 unspecified atom stereocenters. The fraction of sp³-hybridized carbons (Fsp3) is 0.531. The number of pyridine rings is 1. The fourth-order valence-electron chi connectivity index (χ4n) is 6.74. The zero-order valence-electron chi connectivity index (χ0n) is 25.0. The molecule has 0 saturated carbocycles. The van der Waals surface area contributed by atoms with Gasteiger partial charge in [-0.1, -0.05) is 19.9 Å². The van der Waals surface area contributed by atoms with Crippen molar-refractivity contribution >= 4 is 29.0 Å². The summed E-state index contributed by atoms with van der Waals surface area (Å²) >= 11 is 0. The Balaban J connectivity index is 0.00000104. The molecule has 2 saturated heterocycles. The molecule has 3 aromatic rings. The molecule has 1 aromatic carbocycles. The lowest BCUT2D eigenvalue weighted by molar-refractivity contribution is -0.0893. The highest BCUT2D eigenvalue weighted by atomic mass is 16.5. The zero-order valence-corrected chi connectivity index (χ0v) is 25.0. The van der Waals surface area contributed by atoms with Crippen LogP contribution in [0.2, 0.25) is 0 Å². The van der Waals surface area contributed by atoms with Crippen molar-refractivity contribution in [1.82, 2.24) is 15.0 Å². The van der Waals surface area contributed by atoms with Crippen LogP contribution in [0, 0.1) is 0 Å². The summed E-state index contributed by atoms with van der Waals surface area (Å²) in [4.78, 5) is 19.9. The molecular weight excluding hydrogens is 514 g/mol. The van der Waals surface area contributed by atoms with Crippen LogP contribution in [0.3, 0.4) is 0 Å². The first kappa shape index (κ1) is 27.9. The molecule has 7 rings (SSSR count). The Labute approximate surface area is 246 Å². The standard InChI is InChI=1S/C31H38N6O2.CH5N.2H2/c1-20-5-6-21-7-12-26(34-27(20)21)37-25-17-30(2,3)39-19-31(25,4)24-18-32-29(35-28(24)37)33-22-8-10-23(11-9-22)36-13-15-38-16-14-36;1-2;;/h7-12,18,20,25H,5-6,13-17,19H2,1-4H3,(H,32,33,35);2H2,1H3;2*1H/t20-,25+,31+;;;/m0.../s1. The number of hydrogen-bond donors (Lipinski definition) is 2. The van der Waals surface area contributed by atoms with E-state index < -0.39 is 0 Å². The van der Waals surface area contributed by atoms with Crippen LogP contribution < -0.4 is 20.9 Å². The molecule has 4 aliphatic rings. The van der Waals surface area contributed by atoms with Gasteiger partial charge in [-0.05, 0) is 82.0 Å². The zero-order chi connectivity index (χ0) is 28.8. The number of aryl methyl sites for hydroxylation is 1. The lowest BCUT2D eigenvalue weighted by Crippen LogP contribution is -2.54. The summed E-state index contributed by atoms with van der Waals surface area (Å²) in [5.74, 6) is 3.00. The van der Waals surface area contributed by atoms with Gasteiger partial charge in [0.1, 0.15) is 11.6 Å². The maximum absolute atomic E-state index is 6.37. The number of morpholine rings is 1. The SMILES string of the molecule is CN.C[C@H]1CCc2ccc(N3c4nc(Nc5ccc(N6CCOCC6)cc5)ncc4[C@@]4(C)COC(C)(C)C[C@@H]34)nc21.[HH].[HH]. The molecule has 0 bridgehead atoms. The van der Waals surface area contributed by atoms with Gasteiger partial charge < -0.3 is 30.3 Å². The number of nitrogens with one attached hydrogen (secondary N) is 1. The summed E-state index contributed by atoms with van der Waals surface area (Å²) in [7, 11) is 1.50. The molecular formula is C32H47N7O2. The van der Waals surface area contributed by atoms with E-state index in [1.54, 1.807) is 0 Å². The van der Waals surface area contributed by atoms with Gasteiger partial charge in [0.15, 0.2) is 0 Å². The third-order valence-electron chi connectivity index (χ3n) is 9.16. The monoisotopic (exact) mass is 561 g/mol. The van der Waals surface area contributed by atoms with Crippen LogP contribution in [-0.2, 0) is 21.3 Å². The van der Waals surface area contributed by atoms with Gasteiger partial charge in [0.2, 0.25) is 5.95 Å². The number of nitrogens with two attached hydrogens (primary N) is 1. The number of rotatable bonds is 4. The largest absolute Gasteiger partial charge is 0.378 e. The van der Waals surface area contributed by atoms with E-state index in [9.17, 15) is 0 Å². The maximum atomic E-state index is 6.37. The molecule has 0 radical (unpaired) electrons. The van der Waals surface area contributed by atoms with E-state index >= 15 is 0 Å². The van der Waals surface area contributed by atoms with Crippen molar-refractivity contribution in [2.75, 3.05) is 55.1 Å². The second-order valence-electron chi connectivity index (χ2n) is 12.4. The minimum absolute atomic E-state index is 0. The quantitative estimate of drug-likeness (QED) is 0.425. The van der Waals surface area contributed by atoms with Crippen LogP contribution in [0.1, 0.15) is 66.1 Å². The molecule has 1 aliphatic carbocycles. The Morgan fingerprint density at radius 3 is 2.54 bits per heavy atom. The first-order valence-electron chi connectivity index (χ1n) is 14.9. The third kappa shape index (κ3) is 5.04. The highest BCUT2D eigenvalue weighted by Crippen LogP contribution is 2.53. The smallest absolute Gasteiger partial charge is 0.229 e. The minimum atomic E-state index is -0.217. The van der Waals surface area contributed by atoms with Gasteiger partial charge in [-0.2, -0.15) is 4.98 Å². The van der Waals surface area contributed by atoms with Crippen molar-refractivity contribution in [3.8, 4) is 0 Å². The first-order valence-corrected chi connectivity index (χ1v) is 14.9. The van der Waals surface area contributed by atoms with Crippen LogP contribution in [0.5, 0.6) is 0 Å². The maximum Gasteiger partial charge on any atom is 0.229 e. The van der Waals surface area contributed by atoms with Crippen molar-refractivity contribution in [2.45, 2.75) is 69.9 Å². The van der Waals surface area contributed by atoms with Gasteiger partial charge in [-0.25, -0.2) is 9.97 Å². The number of anilines is 5. The van der Waals surface area contributed by atoms with E-state index in [0.29, 0.717) is 18.5 Å².